The fourth-order valence-corrected chi connectivity index (χ4v) is 7.18. The number of benzene rings is 2. The molecule has 2 aromatic carbocycles. The van der Waals surface area contributed by atoms with Gasteiger partial charge in [-0.3, -0.25) is 0 Å². The molecule has 1 unspecified atom stereocenters. The van der Waals surface area contributed by atoms with E-state index in [0.29, 0.717) is 24.3 Å². The highest BCUT2D eigenvalue weighted by atomic mass is 32.2. The van der Waals surface area contributed by atoms with Crippen molar-refractivity contribution >= 4 is 21.7 Å². The normalized spacial score (nSPS) is 20.8. The molecule has 1 aliphatic heterocycles. The third-order valence-electron chi connectivity index (χ3n) is 7.36. The van der Waals surface area contributed by atoms with Crippen LogP contribution in [0.3, 0.4) is 0 Å². The van der Waals surface area contributed by atoms with E-state index in [1.807, 2.05) is 30.3 Å². The summed E-state index contributed by atoms with van der Waals surface area (Å²) in [6.07, 6.45) is 7.63. The molecule has 2 fully saturated rings. The third kappa shape index (κ3) is 6.41. The monoisotopic (exact) mass is 494 g/mol. The minimum absolute atomic E-state index is 0.00327. The van der Waals surface area contributed by atoms with Crippen molar-refractivity contribution in [3.8, 4) is 6.07 Å². The van der Waals surface area contributed by atoms with Crippen LogP contribution in [0.1, 0.15) is 62.5 Å². The summed E-state index contributed by atoms with van der Waals surface area (Å²) < 4.78 is 28.2. The number of carbonyl (C=O) groups is 1. The maximum absolute atomic E-state index is 13.3. The number of anilines is 1. The Morgan fingerprint density at radius 3 is 2.49 bits per heavy atom. The van der Waals surface area contributed by atoms with Crippen LogP contribution in [0.5, 0.6) is 0 Å². The molecule has 1 atom stereocenters. The molecule has 1 saturated carbocycles. The van der Waals surface area contributed by atoms with Crippen molar-refractivity contribution < 1.29 is 13.2 Å². The van der Waals surface area contributed by atoms with E-state index in [-0.39, 0.29) is 17.7 Å². The van der Waals surface area contributed by atoms with Crippen LogP contribution in [0.4, 0.5) is 10.5 Å². The number of carbonyl (C=O) groups excluding carboxylic acids is 1. The van der Waals surface area contributed by atoms with E-state index in [1.54, 1.807) is 28.6 Å². The fraction of sp³-hybridized carbons (Fsp3) is 0.481. The Balaban J connectivity index is 1.51. The Morgan fingerprint density at radius 1 is 1.03 bits per heavy atom. The summed E-state index contributed by atoms with van der Waals surface area (Å²) in [7, 11) is -3.45. The summed E-state index contributed by atoms with van der Waals surface area (Å²) in [5, 5.41) is 15.3. The summed E-state index contributed by atoms with van der Waals surface area (Å²) in [5.41, 5.74) is 1.39. The van der Waals surface area contributed by atoms with Crippen molar-refractivity contribution in [2.45, 2.75) is 62.7 Å². The molecule has 7 nitrogen and oxygen atoms in total. The van der Waals surface area contributed by atoms with Crippen LogP contribution in [-0.4, -0.2) is 37.4 Å². The Morgan fingerprint density at radius 2 is 1.77 bits per heavy atom. The zero-order valence-corrected chi connectivity index (χ0v) is 20.9. The maximum Gasteiger partial charge on any atom is 0.319 e. The molecular formula is C27H34N4O3S. The quantitative estimate of drug-likeness (QED) is 0.551. The van der Waals surface area contributed by atoms with Gasteiger partial charge < -0.3 is 10.6 Å². The number of nitrogens with one attached hydrogen (secondary N) is 2. The Bertz CT molecular complexity index is 1150. The predicted molar refractivity (Wildman–Crippen MR) is 137 cm³/mol. The zero-order chi connectivity index (χ0) is 24.7. The average Bonchev–Trinajstić information content (AvgIpc) is 3.11. The van der Waals surface area contributed by atoms with E-state index >= 15 is 0 Å². The number of urea groups is 1. The molecule has 1 heterocycles. The molecule has 2 aliphatic rings. The van der Waals surface area contributed by atoms with E-state index in [1.165, 1.54) is 0 Å². The van der Waals surface area contributed by atoms with E-state index < -0.39 is 15.6 Å². The van der Waals surface area contributed by atoms with Crippen molar-refractivity contribution in [2.24, 2.45) is 5.92 Å². The molecule has 0 bridgehead atoms. The van der Waals surface area contributed by atoms with Crippen LogP contribution in [0.2, 0.25) is 0 Å². The molecule has 35 heavy (non-hydrogen) atoms. The zero-order valence-electron chi connectivity index (χ0n) is 20.1. The van der Waals surface area contributed by atoms with Gasteiger partial charge in [-0.15, -0.1) is 0 Å². The summed E-state index contributed by atoms with van der Waals surface area (Å²) in [4.78, 5) is 13.1. The van der Waals surface area contributed by atoms with E-state index in [4.69, 9.17) is 5.26 Å². The molecule has 0 radical (unpaired) electrons. The van der Waals surface area contributed by atoms with Crippen molar-refractivity contribution in [1.29, 1.82) is 5.26 Å². The highest BCUT2D eigenvalue weighted by Crippen LogP contribution is 2.39. The number of nitrogens with zero attached hydrogens (tertiary/aromatic N) is 2. The van der Waals surface area contributed by atoms with Gasteiger partial charge in [0.25, 0.3) is 0 Å². The predicted octanol–water partition coefficient (Wildman–Crippen LogP) is 5.01. The van der Waals surface area contributed by atoms with Gasteiger partial charge in [-0.2, -0.15) is 5.26 Å². The van der Waals surface area contributed by atoms with Gasteiger partial charge in [-0.05, 0) is 55.4 Å². The lowest BCUT2D eigenvalue weighted by Gasteiger charge is -2.45. The highest BCUT2D eigenvalue weighted by molar-refractivity contribution is 7.88. The largest absolute Gasteiger partial charge is 0.332 e. The summed E-state index contributed by atoms with van der Waals surface area (Å²) >= 11 is 0. The number of piperidine rings is 1. The minimum atomic E-state index is -3.45. The molecular weight excluding hydrogens is 460 g/mol. The van der Waals surface area contributed by atoms with Gasteiger partial charge in [0.05, 0.1) is 17.4 Å². The third-order valence-corrected chi connectivity index (χ3v) is 9.18. The van der Waals surface area contributed by atoms with E-state index in [2.05, 4.69) is 16.7 Å². The van der Waals surface area contributed by atoms with Gasteiger partial charge in [-0.1, -0.05) is 62.1 Å². The van der Waals surface area contributed by atoms with Crippen LogP contribution < -0.4 is 10.6 Å². The number of rotatable bonds is 6. The molecule has 2 amide bonds. The fourth-order valence-electron chi connectivity index (χ4n) is 5.57. The second-order valence-electron chi connectivity index (χ2n) is 9.78. The number of hydrogen-bond donors (Lipinski definition) is 2. The standard InChI is InChI=1S/C27H34N4O3S/c28-19-23-12-8-14-25(18-23)29-26(32)30-27(15-6-1-2-7-16-27)24-13-9-17-31(20-24)35(33,34)21-22-10-4-3-5-11-22/h3-5,8,10-12,14,18,24H,1-2,6-7,9,13,15-17,20-21H2,(H2,29,30,32). The van der Waals surface area contributed by atoms with Crippen molar-refractivity contribution in [3.05, 3.63) is 65.7 Å². The van der Waals surface area contributed by atoms with Crippen LogP contribution >= 0.6 is 0 Å². The van der Waals surface area contributed by atoms with Crippen LogP contribution in [0, 0.1) is 17.2 Å². The van der Waals surface area contributed by atoms with Crippen LogP contribution in [-0.2, 0) is 15.8 Å². The van der Waals surface area contributed by atoms with Gasteiger partial charge in [-0.25, -0.2) is 17.5 Å². The topological polar surface area (TPSA) is 102 Å². The second kappa shape index (κ2) is 11.2. The Labute approximate surface area is 208 Å². The first kappa shape index (κ1) is 25.2. The van der Waals surface area contributed by atoms with Gasteiger partial charge in [0, 0.05) is 24.3 Å². The number of sulfonamides is 1. The summed E-state index contributed by atoms with van der Waals surface area (Å²) in [6, 6.07) is 17.9. The van der Waals surface area contributed by atoms with Crippen molar-refractivity contribution in [1.82, 2.24) is 9.62 Å². The molecule has 2 N–H and O–H groups in total. The number of nitriles is 1. The second-order valence-corrected chi connectivity index (χ2v) is 11.7. The van der Waals surface area contributed by atoms with Crippen molar-refractivity contribution in [3.63, 3.8) is 0 Å². The first-order valence-electron chi connectivity index (χ1n) is 12.5. The summed E-state index contributed by atoms with van der Waals surface area (Å²) in [5.74, 6) is 0.0487. The lowest BCUT2D eigenvalue weighted by molar-refractivity contribution is 0.126. The maximum atomic E-state index is 13.3. The minimum Gasteiger partial charge on any atom is -0.332 e. The van der Waals surface area contributed by atoms with Crippen LogP contribution in [0.15, 0.2) is 54.6 Å². The van der Waals surface area contributed by atoms with Gasteiger partial charge >= 0.3 is 6.03 Å². The molecule has 4 rings (SSSR count). The Kier molecular flexibility index (Phi) is 8.09. The molecule has 186 valence electrons. The first-order chi connectivity index (χ1) is 16.9. The lowest BCUT2D eigenvalue weighted by atomic mass is 9.74. The van der Waals surface area contributed by atoms with Gasteiger partial charge in [0.15, 0.2) is 0 Å². The Hall–Kier alpha value is -2.89. The summed E-state index contributed by atoms with van der Waals surface area (Å²) in [6.45, 7) is 0.953. The SMILES string of the molecule is N#Cc1cccc(NC(=O)NC2(C3CCCN(S(=O)(=O)Cc4ccccc4)C3)CCCCCC2)c1. The lowest BCUT2D eigenvalue weighted by Crippen LogP contribution is -2.59. The van der Waals surface area contributed by atoms with Gasteiger partial charge in [0.1, 0.15) is 0 Å². The average molecular weight is 495 g/mol. The smallest absolute Gasteiger partial charge is 0.319 e. The van der Waals surface area contributed by atoms with Gasteiger partial charge in [0.2, 0.25) is 10.0 Å². The molecule has 8 heteroatoms. The number of hydrogen-bond acceptors (Lipinski definition) is 4. The van der Waals surface area contributed by atoms with Crippen molar-refractivity contribution in [2.75, 3.05) is 18.4 Å². The molecule has 1 aliphatic carbocycles. The molecule has 0 aromatic heterocycles. The highest BCUT2D eigenvalue weighted by Gasteiger charge is 2.43. The van der Waals surface area contributed by atoms with E-state index in [9.17, 15) is 13.2 Å². The molecule has 2 aromatic rings. The number of amides is 2. The van der Waals surface area contributed by atoms with E-state index in [0.717, 1.165) is 56.9 Å². The van der Waals surface area contributed by atoms with Crippen LogP contribution in [0.25, 0.3) is 0 Å². The molecule has 1 saturated heterocycles. The first-order valence-corrected chi connectivity index (χ1v) is 14.1. The molecule has 0 spiro atoms.